The lowest BCUT2D eigenvalue weighted by atomic mass is 9.74. The molecule has 0 saturated carbocycles. The van der Waals surface area contributed by atoms with Crippen LogP contribution in [0.5, 0.6) is 0 Å². The molecule has 9 N–H and O–H groups in total. The van der Waals surface area contributed by atoms with Crippen LogP contribution in [0.15, 0.2) is 41.4 Å². The van der Waals surface area contributed by atoms with Crippen LogP contribution < -0.4 is 28.3 Å². The molecule has 8 heteroatoms. The summed E-state index contributed by atoms with van der Waals surface area (Å²) in [5.41, 5.74) is 28.4. The summed E-state index contributed by atoms with van der Waals surface area (Å²) in [5.74, 6) is -0.814. The van der Waals surface area contributed by atoms with E-state index < -0.39 is 17.4 Å². The summed E-state index contributed by atoms with van der Waals surface area (Å²) in [6.07, 6.45) is 2.59. The highest BCUT2D eigenvalue weighted by Gasteiger charge is 2.39. The second kappa shape index (κ2) is 13.1. The molecule has 2 aromatic rings. The van der Waals surface area contributed by atoms with Crippen LogP contribution in [-0.2, 0) is 22.4 Å². The molecule has 0 bridgehead atoms. The number of unbranched alkanes of at least 4 members (excludes halogenated alkanes) is 1. The molecule has 0 spiro atoms. The first-order valence-electron chi connectivity index (χ1n) is 12.4. The van der Waals surface area contributed by atoms with Gasteiger partial charge in [-0.25, -0.2) is 0 Å². The van der Waals surface area contributed by atoms with E-state index in [1.165, 1.54) is 0 Å². The lowest BCUT2D eigenvalue weighted by Gasteiger charge is -2.33. The summed E-state index contributed by atoms with van der Waals surface area (Å²) >= 11 is 0. The SMILES string of the molecule is Cc1cc(C)cc(CC(CN)(Cc2cc(C)cc(C)c2)C(=O)N[C@@H](CCCCN=C(N)N)C(N)=O)c1. The van der Waals surface area contributed by atoms with E-state index in [4.69, 9.17) is 22.9 Å². The van der Waals surface area contributed by atoms with Crippen molar-refractivity contribution in [2.24, 2.45) is 33.3 Å². The Morgan fingerprint density at radius 1 is 0.833 bits per heavy atom. The summed E-state index contributed by atoms with van der Waals surface area (Å²) < 4.78 is 0. The number of primary amides is 1. The molecule has 0 heterocycles. The fourth-order valence-corrected chi connectivity index (χ4v) is 4.85. The highest BCUT2D eigenvalue weighted by molar-refractivity contribution is 5.90. The van der Waals surface area contributed by atoms with E-state index in [1.807, 2.05) is 27.7 Å². The topological polar surface area (TPSA) is 163 Å². The fourth-order valence-electron chi connectivity index (χ4n) is 4.85. The zero-order chi connectivity index (χ0) is 26.9. The van der Waals surface area contributed by atoms with E-state index in [2.05, 4.69) is 46.7 Å². The van der Waals surface area contributed by atoms with E-state index in [0.29, 0.717) is 38.6 Å². The molecule has 196 valence electrons. The number of aliphatic imine (C=N–C) groups is 1. The molecule has 0 saturated heterocycles. The Morgan fingerprint density at radius 3 is 1.69 bits per heavy atom. The van der Waals surface area contributed by atoms with Gasteiger partial charge in [0.1, 0.15) is 6.04 Å². The quantitative estimate of drug-likeness (QED) is 0.163. The molecule has 0 aliphatic carbocycles. The van der Waals surface area contributed by atoms with Gasteiger partial charge >= 0.3 is 0 Å². The van der Waals surface area contributed by atoms with Crippen LogP contribution >= 0.6 is 0 Å². The Bertz CT molecular complexity index is 997. The highest BCUT2D eigenvalue weighted by atomic mass is 16.2. The van der Waals surface area contributed by atoms with Crippen molar-refractivity contribution >= 4 is 17.8 Å². The van der Waals surface area contributed by atoms with Crippen LogP contribution in [0.2, 0.25) is 0 Å². The van der Waals surface area contributed by atoms with Gasteiger partial charge in [-0.05, 0) is 70.9 Å². The van der Waals surface area contributed by atoms with E-state index in [1.54, 1.807) is 0 Å². The van der Waals surface area contributed by atoms with Crippen molar-refractivity contribution in [1.82, 2.24) is 5.32 Å². The van der Waals surface area contributed by atoms with Crippen molar-refractivity contribution < 1.29 is 9.59 Å². The maximum absolute atomic E-state index is 13.9. The van der Waals surface area contributed by atoms with Gasteiger partial charge < -0.3 is 28.3 Å². The number of benzene rings is 2. The first-order chi connectivity index (χ1) is 16.9. The van der Waals surface area contributed by atoms with Gasteiger partial charge in [0, 0.05) is 13.1 Å². The molecule has 0 aromatic heterocycles. The molecule has 0 aliphatic rings. The average Bonchev–Trinajstić information content (AvgIpc) is 2.75. The van der Waals surface area contributed by atoms with Crippen molar-refractivity contribution in [3.05, 3.63) is 69.8 Å². The Balaban J connectivity index is 2.35. The van der Waals surface area contributed by atoms with Crippen LogP contribution in [0.3, 0.4) is 0 Å². The van der Waals surface area contributed by atoms with Gasteiger partial charge in [-0.3, -0.25) is 14.6 Å². The number of hydrogen-bond acceptors (Lipinski definition) is 4. The van der Waals surface area contributed by atoms with Gasteiger partial charge in [-0.15, -0.1) is 0 Å². The maximum atomic E-state index is 13.9. The lowest BCUT2D eigenvalue weighted by Crippen LogP contribution is -2.54. The zero-order valence-corrected chi connectivity index (χ0v) is 22.1. The standard InChI is InChI=1S/C28H42N6O2/c1-18-9-19(2)12-22(11-18)15-28(17-29,16-23-13-20(3)10-21(4)14-23)26(36)34-24(25(30)35)7-5-6-8-33-27(31)32/h9-14,24H,5-8,15-17,29H2,1-4H3,(H2,30,35)(H,34,36)(H4,31,32,33)/t24-/m0/s1. The second-order valence-electron chi connectivity index (χ2n) is 10.1. The number of carbonyl (C=O) groups excluding carboxylic acids is 2. The molecule has 0 unspecified atom stereocenters. The van der Waals surface area contributed by atoms with Crippen LogP contribution in [0.25, 0.3) is 0 Å². The first kappa shape index (κ1) is 28.8. The van der Waals surface area contributed by atoms with Gasteiger partial charge in [0.05, 0.1) is 5.41 Å². The molecule has 0 fully saturated rings. The number of guanidine groups is 1. The first-order valence-corrected chi connectivity index (χ1v) is 12.4. The summed E-state index contributed by atoms with van der Waals surface area (Å²) in [7, 11) is 0. The van der Waals surface area contributed by atoms with Gasteiger partial charge in [0.15, 0.2) is 5.96 Å². The van der Waals surface area contributed by atoms with E-state index in [9.17, 15) is 9.59 Å². The molecule has 0 aliphatic heterocycles. The number of nitrogens with one attached hydrogen (secondary N) is 1. The molecular formula is C28H42N6O2. The third-order valence-electron chi connectivity index (χ3n) is 6.36. The molecule has 2 amide bonds. The molecular weight excluding hydrogens is 452 g/mol. The van der Waals surface area contributed by atoms with Crippen molar-refractivity contribution in [3.63, 3.8) is 0 Å². The molecule has 2 rings (SSSR count). The Kier molecular flexibility index (Phi) is 10.5. The molecule has 36 heavy (non-hydrogen) atoms. The lowest BCUT2D eigenvalue weighted by molar-refractivity contribution is -0.134. The largest absolute Gasteiger partial charge is 0.370 e. The number of nitrogens with two attached hydrogens (primary N) is 4. The van der Waals surface area contributed by atoms with Crippen molar-refractivity contribution in [3.8, 4) is 0 Å². The van der Waals surface area contributed by atoms with Crippen molar-refractivity contribution in [1.29, 1.82) is 0 Å². The monoisotopic (exact) mass is 494 g/mol. The number of amides is 2. The smallest absolute Gasteiger partial charge is 0.239 e. The Hall–Kier alpha value is -3.39. The maximum Gasteiger partial charge on any atom is 0.239 e. The van der Waals surface area contributed by atoms with Crippen LogP contribution in [0.4, 0.5) is 0 Å². The summed E-state index contributed by atoms with van der Waals surface area (Å²) in [4.78, 5) is 30.1. The molecule has 8 nitrogen and oxygen atoms in total. The third kappa shape index (κ3) is 8.68. The molecule has 0 radical (unpaired) electrons. The minimum Gasteiger partial charge on any atom is -0.370 e. The number of carbonyl (C=O) groups is 2. The summed E-state index contributed by atoms with van der Waals surface area (Å²) in [5, 5.41) is 2.93. The third-order valence-corrected chi connectivity index (χ3v) is 6.36. The predicted octanol–water partition coefficient (Wildman–Crippen LogP) is 2.06. The van der Waals surface area contributed by atoms with Crippen LogP contribution in [0, 0.1) is 33.1 Å². The summed E-state index contributed by atoms with van der Waals surface area (Å²) in [6.45, 7) is 8.72. The number of rotatable bonds is 13. The highest BCUT2D eigenvalue weighted by Crippen LogP contribution is 2.30. The number of aryl methyl sites for hydroxylation is 4. The fraction of sp³-hybridized carbons (Fsp3) is 0.464. The van der Waals surface area contributed by atoms with E-state index >= 15 is 0 Å². The van der Waals surface area contributed by atoms with Gasteiger partial charge in [0.2, 0.25) is 11.8 Å². The van der Waals surface area contributed by atoms with Crippen LogP contribution in [-0.4, -0.2) is 36.9 Å². The van der Waals surface area contributed by atoms with Crippen LogP contribution in [0.1, 0.15) is 52.6 Å². The predicted molar refractivity (Wildman–Crippen MR) is 146 cm³/mol. The number of hydrogen-bond donors (Lipinski definition) is 5. The minimum atomic E-state index is -0.952. The van der Waals surface area contributed by atoms with Crippen molar-refractivity contribution in [2.75, 3.05) is 13.1 Å². The Morgan fingerprint density at radius 2 is 1.31 bits per heavy atom. The van der Waals surface area contributed by atoms with Crippen molar-refractivity contribution in [2.45, 2.75) is 65.8 Å². The van der Waals surface area contributed by atoms with E-state index in [-0.39, 0.29) is 18.4 Å². The normalized spacial score (nSPS) is 12.1. The minimum absolute atomic E-state index is 0.0280. The molecule has 2 aromatic carbocycles. The summed E-state index contributed by atoms with van der Waals surface area (Å²) in [6, 6.07) is 11.7. The second-order valence-corrected chi connectivity index (χ2v) is 10.1. The average molecular weight is 495 g/mol. The Labute approximate surface area is 214 Å². The molecule has 1 atom stereocenters. The van der Waals surface area contributed by atoms with Gasteiger partial charge in [0.25, 0.3) is 0 Å². The van der Waals surface area contributed by atoms with E-state index in [0.717, 1.165) is 33.4 Å². The number of nitrogens with zero attached hydrogens (tertiary/aromatic N) is 1. The van der Waals surface area contributed by atoms with Gasteiger partial charge in [-0.2, -0.15) is 0 Å². The van der Waals surface area contributed by atoms with Gasteiger partial charge in [-0.1, -0.05) is 58.7 Å². The zero-order valence-electron chi connectivity index (χ0n) is 22.1.